The minimum absolute atomic E-state index is 0.234. The molecule has 0 bridgehead atoms. The highest BCUT2D eigenvalue weighted by Gasteiger charge is 2.14. The van der Waals surface area contributed by atoms with Gasteiger partial charge in [-0.1, -0.05) is 50.2 Å². The maximum Gasteiger partial charge on any atom is 0.258 e. The molecule has 3 rings (SSSR count). The molecule has 1 amide bonds. The van der Waals surface area contributed by atoms with Gasteiger partial charge >= 0.3 is 0 Å². The van der Waals surface area contributed by atoms with Crippen LogP contribution in [0.15, 0.2) is 48.5 Å². The predicted molar refractivity (Wildman–Crippen MR) is 134 cm³/mol. The summed E-state index contributed by atoms with van der Waals surface area (Å²) in [7, 11) is 0. The van der Waals surface area contributed by atoms with E-state index in [1.54, 1.807) is 6.07 Å². The predicted octanol–water partition coefficient (Wildman–Crippen LogP) is 6.05. The van der Waals surface area contributed by atoms with Gasteiger partial charge in [0, 0.05) is 14.0 Å². The summed E-state index contributed by atoms with van der Waals surface area (Å²) in [5, 5.41) is 6.66. The summed E-state index contributed by atoms with van der Waals surface area (Å²) in [5.41, 5.74) is 3.93. The van der Waals surface area contributed by atoms with Gasteiger partial charge in [-0.15, -0.1) is 11.3 Å². The van der Waals surface area contributed by atoms with E-state index >= 15 is 0 Å². The molecule has 3 aromatic rings. The van der Waals surface area contributed by atoms with Crippen LogP contribution >= 0.6 is 46.1 Å². The third-order valence-corrected chi connectivity index (χ3v) is 6.26. The van der Waals surface area contributed by atoms with Crippen LogP contribution in [-0.2, 0) is 6.42 Å². The number of hydrogen-bond acceptors (Lipinski definition) is 4. The highest BCUT2D eigenvalue weighted by Crippen LogP contribution is 2.30. The quantitative estimate of drug-likeness (QED) is 0.309. The molecular weight excluding hydrogens is 513 g/mol. The van der Waals surface area contributed by atoms with Gasteiger partial charge in [0.15, 0.2) is 10.2 Å². The zero-order chi connectivity index (χ0) is 21.0. The molecule has 29 heavy (non-hydrogen) atoms. The number of hydrogen-bond donors (Lipinski definition) is 2. The molecule has 150 valence electrons. The van der Waals surface area contributed by atoms with E-state index in [1.807, 2.05) is 25.1 Å². The zero-order valence-corrected chi connectivity index (χ0v) is 20.2. The van der Waals surface area contributed by atoms with Crippen LogP contribution in [0.25, 0.3) is 11.3 Å². The molecule has 0 aliphatic rings. The first kappa shape index (κ1) is 21.9. The zero-order valence-electron chi connectivity index (χ0n) is 16.5. The van der Waals surface area contributed by atoms with E-state index in [2.05, 4.69) is 76.3 Å². The van der Waals surface area contributed by atoms with Gasteiger partial charge < -0.3 is 5.32 Å². The molecule has 1 heterocycles. The SMILES string of the molecule is Cc1sc(NC(=S)NC(=O)c2ccccc2I)nc1-c1ccc(CC(C)C)cc1. The molecule has 0 aliphatic heterocycles. The van der Waals surface area contributed by atoms with Crippen molar-refractivity contribution in [1.82, 2.24) is 10.3 Å². The molecule has 0 fully saturated rings. The first-order chi connectivity index (χ1) is 13.8. The van der Waals surface area contributed by atoms with E-state index in [0.29, 0.717) is 16.6 Å². The summed E-state index contributed by atoms with van der Waals surface area (Å²) in [4.78, 5) is 18.2. The lowest BCUT2D eigenvalue weighted by molar-refractivity contribution is 0.0977. The molecule has 0 radical (unpaired) electrons. The van der Waals surface area contributed by atoms with E-state index in [4.69, 9.17) is 12.2 Å². The lowest BCUT2D eigenvalue weighted by atomic mass is 10.0. The number of thiocarbonyl (C=S) groups is 1. The van der Waals surface area contributed by atoms with Crippen molar-refractivity contribution in [3.05, 3.63) is 68.1 Å². The highest BCUT2D eigenvalue weighted by molar-refractivity contribution is 14.1. The number of anilines is 1. The van der Waals surface area contributed by atoms with Gasteiger partial charge in [0.05, 0.1) is 11.3 Å². The van der Waals surface area contributed by atoms with Crippen molar-refractivity contribution in [3.63, 3.8) is 0 Å². The average Bonchev–Trinajstić information content (AvgIpc) is 3.02. The van der Waals surface area contributed by atoms with Gasteiger partial charge in [-0.05, 0) is 71.8 Å². The number of benzene rings is 2. The summed E-state index contributed by atoms with van der Waals surface area (Å²) in [6.07, 6.45) is 1.07. The third-order valence-electron chi connectivity index (χ3n) is 4.23. The van der Waals surface area contributed by atoms with Crippen molar-refractivity contribution >= 4 is 62.3 Å². The number of carbonyl (C=O) groups is 1. The number of thiazole rings is 1. The van der Waals surface area contributed by atoms with Crippen molar-refractivity contribution in [2.75, 3.05) is 5.32 Å². The van der Waals surface area contributed by atoms with Gasteiger partial charge in [-0.2, -0.15) is 0 Å². The second-order valence-electron chi connectivity index (χ2n) is 7.11. The summed E-state index contributed by atoms with van der Waals surface area (Å²) in [5.74, 6) is 0.398. The number of aromatic nitrogens is 1. The summed E-state index contributed by atoms with van der Waals surface area (Å²) >= 11 is 8.95. The minimum atomic E-state index is -0.234. The van der Waals surface area contributed by atoms with E-state index < -0.39 is 0 Å². The topological polar surface area (TPSA) is 54.0 Å². The number of aryl methyl sites for hydroxylation is 1. The van der Waals surface area contributed by atoms with Crippen molar-refractivity contribution < 1.29 is 4.79 Å². The number of halogens is 1. The van der Waals surface area contributed by atoms with Crippen LogP contribution in [0.3, 0.4) is 0 Å². The largest absolute Gasteiger partial charge is 0.308 e. The fourth-order valence-electron chi connectivity index (χ4n) is 2.93. The Hall–Kier alpha value is -1.84. The molecule has 1 aromatic heterocycles. The fraction of sp³-hybridized carbons (Fsp3) is 0.227. The van der Waals surface area contributed by atoms with Crippen molar-refractivity contribution in [1.29, 1.82) is 0 Å². The smallest absolute Gasteiger partial charge is 0.258 e. The van der Waals surface area contributed by atoms with Crippen LogP contribution in [0, 0.1) is 16.4 Å². The molecule has 0 saturated heterocycles. The molecule has 0 aliphatic carbocycles. The van der Waals surface area contributed by atoms with Crippen LogP contribution in [0.1, 0.15) is 34.6 Å². The Kier molecular flexibility index (Phi) is 7.37. The monoisotopic (exact) mass is 535 g/mol. The van der Waals surface area contributed by atoms with E-state index in [-0.39, 0.29) is 11.0 Å². The van der Waals surface area contributed by atoms with Crippen molar-refractivity contribution in [3.8, 4) is 11.3 Å². The number of amides is 1. The number of carbonyl (C=O) groups excluding carboxylic acids is 1. The van der Waals surface area contributed by atoms with E-state index in [0.717, 1.165) is 26.1 Å². The van der Waals surface area contributed by atoms with Crippen molar-refractivity contribution in [2.45, 2.75) is 27.2 Å². The van der Waals surface area contributed by atoms with Crippen LogP contribution in [-0.4, -0.2) is 16.0 Å². The Balaban J connectivity index is 1.68. The maximum atomic E-state index is 12.4. The van der Waals surface area contributed by atoms with E-state index in [9.17, 15) is 4.79 Å². The van der Waals surface area contributed by atoms with Gasteiger partial charge in [-0.3, -0.25) is 10.1 Å². The Morgan fingerprint density at radius 2 is 1.86 bits per heavy atom. The van der Waals surface area contributed by atoms with Gasteiger partial charge in [0.25, 0.3) is 5.91 Å². The first-order valence-corrected chi connectivity index (χ1v) is 11.6. The van der Waals surface area contributed by atoms with Crippen LogP contribution < -0.4 is 10.6 Å². The Labute approximate surface area is 194 Å². The second-order valence-corrected chi connectivity index (χ2v) is 9.88. The highest BCUT2D eigenvalue weighted by atomic mass is 127. The normalized spacial score (nSPS) is 10.8. The molecule has 2 N–H and O–H groups in total. The molecule has 0 unspecified atom stereocenters. The molecule has 0 spiro atoms. The van der Waals surface area contributed by atoms with Gasteiger partial charge in [0.1, 0.15) is 0 Å². The Morgan fingerprint density at radius 3 is 2.52 bits per heavy atom. The average molecular weight is 535 g/mol. The second kappa shape index (κ2) is 9.77. The molecule has 0 saturated carbocycles. The van der Waals surface area contributed by atoms with Gasteiger partial charge in [0.2, 0.25) is 0 Å². The Bertz CT molecular complexity index is 1030. The standard InChI is InChI=1S/C22H22IN3OS2/c1-13(2)12-15-8-10-16(11-9-15)19-14(3)29-22(24-19)26-21(28)25-20(27)17-6-4-5-7-18(17)23/h4-11,13H,12H2,1-3H3,(H2,24,25,26,27,28). The third kappa shape index (κ3) is 5.83. The first-order valence-electron chi connectivity index (χ1n) is 9.27. The molecule has 2 aromatic carbocycles. The van der Waals surface area contributed by atoms with E-state index in [1.165, 1.54) is 16.9 Å². The lowest BCUT2D eigenvalue weighted by Gasteiger charge is -2.08. The summed E-state index contributed by atoms with van der Waals surface area (Å²) in [6, 6.07) is 15.9. The maximum absolute atomic E-state index is 12.4. The summed E-state index contributed by atoms with van der Waals surface area (Å²) < 4.78 is 0.874. The molecule has 4 nitrogen and oxygen atoms in total. The van der Waals surface area contributed by atoms with Crippen molar-refractivity contribution in [2.24, 2.45) is 5.92 Å². The summed E-state index contributed by atoms with van der Waals surface area (Å²) in [6.45, 7) is 6.47. The molecule has 7 heteroatoms. The van der Waals surface area contributed by atoms with Crippen LogP contribution in [0.4, 0.5) is 5.13 Å². The van der Waals surface area contributed by atoms with Crippen LogP contribution in [0.2, 0.25) is 0 Å². The lowest BCUT2D eigenvalue weighted by Crippen LogP contribution is -2.34. The molecular formula is C22H22IN3OS2. The minimum Gasteiger partial charge on any atom is -0.308 e. The number of rotatable bonds is 5. The number of nitrogens with zero attached hydrogens (tertiary/aromatic N) is 1. The van der Waals surface area contributed by atoms with Gasteiger partial charge in [-0.25, -0.2) is 4.98 Å². The van der Waals surface area contributed by atoms with Crippen LogP contribution in [0.5, 0.6) is 0 Å². The Morgan fingerprint density at radius 1 is 1.17 bits per heavy atom. The molecule has 0 atom stereocenters. The fourth-order valence-corrected chi connectivity index (χ4v) is 4.66. The number of nitrogens with one attached hydrogen (secondary N) is 2.